The molecule has 0 saturated heterocycles. The van der Waals surface area contributed by atoms with E-state index in [1.807, 2.05) is 12.1 Å². The van der Waals surface area contributed by atoms with Crippen LogP contribution in [0.2, 0.25) is 0 Å². The van der Waals surface area contributed by atoms with Crippen LogP contribution in [0.25, 0.3) is 0 Å². The Morgan fingerprint density at radius 3 is 2.37 bits per heavy atom. The van der Waals surface area contributed by atoms with E-state index in [1.54, 1.807) is 12.1 Å². The number of benzene rings is 1. The highest BCUT2D eigenvalue weighted by atomic mass is 16.4. The zero-order valence-electron chi connectivity index (χ0n) is 12.0. The minimum absolute atomic E-state index is 0.356. The smallest absolute Gasteiger partial charge is 0.335 e. The molecular formula is C16H23NO2. The van der Waals surface area contributed by atoms with Gasteiger partial charge >= 0.3 is 5.97 Å². The Kier molecular flexibility index (Phi) is 4.25. The quantitative estimate of drug-likeness (QED) is 0.884. The van der Waals surface area contributed by atoms with Crippen molar-refractivity contribution in [1.29, 1.82) is 0 Å². The second kappa shape index (κ2) is 5.74. The van der Waals surface area contributed by atoms with Crippen molar-refractivity contribution >= 4 is 5.97 Å². The van der Waals surface area contributed by atoms with Gasteiger partial charge in [0, 0.05) is 12.6 Å². The van der Waals surface area contributed by atoms with Crippen LogP contribution in [0.3, 0.4) is 0 Å². The van der Waals surface area contributed by atoms with Crippen molar-refractivity contribution in [3.05, 3.63) is 35.4 Å². The molecule has 1 saturated carbocycles. The van der Waals surface area contributed by atoms with E-state index >= 15 is 0 Å². The van der Waals surface area contributed by atoms with Crippen molar-refractivity contribution in [2.75, 3.05) is 7.05 Å². The second-order valence-corrected chi connectivity index (χ2v) is 6.05. The molecule has 0 spiro atoms. The minimum atomic E-state index is -0.862. The maximum Gasteiger partial charge on any atom is 0.335 e. The lowest BCUT2D eigenvalue weighted by Crippen LogP contribution is -2.43. The molecule has 1 aliphatic carbocycles. The number of carbonyl (C=O) groups is 1. The lowest BCUT2D eigenvalue weighted by molar-refractivity contribution is 0.0690. The molecule has 0 aromatic heterocycles. The molecule has 19 heavy (non-hydrogen) atoms. The highest BCUT2D eigenvalue weighted by Gasteiger charge is 2.33. The molecule has 0 radical (unpaired) electrons. The molecule has 0 atom stereocenters. The molecule has 3 nitrogen and oxygen atoms in total. The highest BCUT2D eigenvalue weighted by Crippen LogP contribution is 2.36. The summed E-state index contributed by atoms with van der Waals surface area (Å²) in [6.45, 7) is 5.49. The normalized spacial score (nSPS) is 22.6. The standard InChI is InChI=1S/C16H23NO2/c1-11(2)14-8-15(9-14)17(3)10-12-4-6-13(7-5-12)16(18)19/h4-7,11,14-15H,8-10H2,1-3H3,(H,18,19). The Hall–Kier alpha value is -1.35. The monoisotopic (exact) mass is 261 g/mol. The maximum absolute atomic E-state index is 10.8. The largest absolute Gasteiger partial charge is 0.478 e. The van der Waals surface area contributed by atoms with Gasteiger partial charge in [0.15, 0.2) is 0 Å². The fraction of sp³-hybridized carbons (Fsp3) is 0.562. The molecule has 1 N–H and O–H groups in total. The summed E-state index contributed by atoms with van der Waals surface area (Å²) >= 11 is 0. The van der Waals surface area contributed by atoms with Gasteiger partial charge < -0.3 is 5.11 Å². The van der Waals surface area contributed by atoms with Crippen LogP contribution in [0, 0.1) is 11.8 Å². The molecule has 0 aliphatic heterocycles. The van der Waals surface area contributed by atoms with Crippen LogP contribution in [0.4, 0.5) is 0 Å². The van der Waals surface area contributed by atoms with Crippen LogP contribution in [-0.2, 0) is 6.54 Å². The summed E-state index contributed by atoms with van der Waals surface area (Å²) < 4.78 is 0. The topological polar surface area (TPSA) is 40.5 Å². The average Bonchev–Trinajstić information content (AvgIpc) is 2.26. The summed E-state index contributed by atoms with van der Waals surface area (Å²) in [5.74, 6) is 0.806. The number of aromatic carboxylic acids is 1. The van der Waals surface area contributed by atoms with Gasteiger partial charge in [-0.2, -0.15) is 0 Å². The maximum atomic E-state index is 10.8. The van der Waals surface area contributed by atoms with Crippen molar-refractivity contribution in [1.82, 2.24) is 4.90 Å². The summed E-state index contributed by atoms with van der Waals surface area (Å²) in [7, 11) is 2.16. The van der Waals surface area contributed by atoms with Crippen LogP contribution in [0.1, 0.15) is 42.6 Å². The Bertz CT molecular complexity index is 433. The van der Waals surface area contributed by atoms with E-state index in [2.05, 4.69) is 25.8 Å². The van der Waals surface area contributed by atoms with E-state index in [4.69, 9.17) is 5.11 Å². The van der Waals surface area contributed by atoms with Crippen LogP contribution in [0.5, 0.6) is 0 Å². The molecule has 1 aromatic carbocycles. The zero-order chi connectivity index (χ0) is 14.0. The third-order valence-electron chi connectivity index (χ3n) is 4.35. The van der Waals surface area contributed by atoms with Crippen molar-refractivity contribution < 1.29 is 9.90 Å². The predicted molar refractivity (Wildman–Crippen MR) is 76.2 cm³/mol. The fourth-order valence-corrected chi connectivity index (χ4v) is 2.70. The summed E-state index contributed by atoms with van der Waals surface area (Å²) in [5, 5.41) is 8.86. The van der Waals surface area contributed by atoms with E-state index in [0.717, 1.165) is 18.4 Å². The van der Waals surface area contributed by atoms with Gasteiger partial charge in [-0.1, -0.05) is 26.0 Å². The van der Waals surface area contributed by atoms with Gasteiger partial charge in [0.2, 0.25) is 0 Å². The number of hydrogen-bond acceptors (Lipinski definition) is 2. The van der Waals surface area contributed by atoms with Crippen LogP contribution in [-0.4, -0.2) is 29.1 Å². The molecule has 0 heterocycles. The lowest BCUT2D eigenvalue weighted by Gasteiger charge is -2.43. The zero-order valence-corrected chi connectivity index (χ0v) is 12.0. The van der Waals surface area contributed by atoms with E-state index in [1.165, 1.54) is 18.4 Å². The Morgan fingerprint density at radius 2 is 1.89 bits per heavy atom. The van der Waals surface area contributed by atoms with Crippen molar-refractivity contribution in [2.24, 2.45) is 11.8 Å². The summed E-state index contributed by atoms with van der Waals surface area (Å²) in [6.07, 6.45) is 2.59. The third kappa shape index (κ3) is 3.35. The molecule has 0 unspecified atom stereocenters. The first kappa shape index (κ1) is 14.1. The molecule has 3 heteroatoms. The molecule has 0 bridgehead atoms. The Morgan fingerprint density at radius 1 is 1.32 bits per heavy atom. The molecule has 2 rings (SSSR count). The summed E-state index contributed by atoms with van der Waals surface area (Å²) in [5.41, 5.74) is 1.54. The van der Waals surface area contributed by atoms with Crippen LogP contribution in [0.15, 0.2) is 24.3 Å². The first-order valence-electron chi connectivity index (χ1n) is 7.00. The van der Waals surface area contributed by atoms with Crippen LogP contribution >= 0.6 is 0 Å². The number of hydrogen-bond donors (Lipinski definition) is 1. The summed E-state index contributed by atoms with van der Waals surface area (Å²) in [4.78, 5) is 13.2. The molecular weight excluding hydrogens is 238 g/mol. The minimum Gasteiger partial charge on any atom is -0.478 e. The van der Waals surface area contributed by atoms with Gasteiger partial charge in [-0.3, -0.25) is 4.90 Å². The van der Waals surface area contributed by atoms with E-state index in [9.17, 15) is 4.79 Å². The van der Waals surface area contributed by atoms with Gasteiger partial charge in [-0.15, -0.1) is 0 Å². The van der Waals surface area contributed by atoms with E-state index in [-0.39, 0.29) is 0 Å². The molecule has 104 valence electrons. The van der Waals surface area contributed by atoms with Gasteiger partial charge in [-0.25, -0.2) is 4.79 Å². The van der Waals surface area contributed by atoms with E-state index in [0.29, 0.717) is 11.6 Å². The van der Waals surface area contributed by atoms with Crippen molar-refractivity contribution in [3.8, 4) is 0 Å². The fourth-order valence-electron chi connectivity index (χ4n) is 2.70. The molecule has 1 aromatic rings. The first-order valence-corrected chi connectivity index (χ1v) is 7.00. The molecule has 1 aliphatic rings. The molecule has 1 fully saturated rings. The third-order valence-corrected chi connectivity index (χ3v) is 4.35. The van der Waals surface area contributed by atoms with Crippen LogP contribution < -0.4 is 0 Å². The van der Waals surface area contributed by atoms with E-state index < -0.39 is 5.97 Å². The second-order valence-electron chi connectivity index (χ2n) is 6.05. The number of rotatable bonds is 5. The van der Waals surface area contributed by atoms with Gasteiger partial charge in [0.1, 0.15) is 0 Å². The van der Waals surface area contributed by atoms with Gasteiger partial charge in [0.25, 0.3) is 0 Å². The first-order chi connectivity index (χ1) is 8.97. The SMILES string of the molecule is CC(C)C1CC(N(C)Cc2ccc(C(=O)O)cc2)C1. The summed E-state index contributed by atoms with van der Waals surface area (Å²) in [6, 6.07) is 7.88. The number of carboxylic acid groups (broad SMARTS) is 1. The Labute approximate surface area is 115 Å². The van der Waals surface area contributed by atoms with Crippen molar-refractivity contribution in [3.63, 3.8) is 0 Å². The molecule has 0 amide bonds. The number of nitrogens with zero attached hydrogens (tertiary/aromatic N) is 1. The highest BCUT2D eigenvalue weighted by molar-refractivity contribution is 5.87. The van der Waals surface area contributed by atoms with Gasteiger partial charge in [0.05, 0.1) is 5.56 Å². The van der Waals surface area contributed by atoms with Crippen molar-refractivity contribution in [2.45, 2.75) is 39.3 Å². The average molecular weight is 261 g/mol. The Balaban J connectivity index is 1.86. The lowest BCUT2D eigenvalue weighted by atomic mass is 9.73. The number of carboxylic acids is 1. The van der Waals surface area contributed by atoms with Gasteiger partial charge in [-0.05, 0) is 49.4 Å². The predicted octanol–water partition coefficient (Wildman–Crippen LogP) is 3.25.